The van der Waals surface area contributed by atoms with Gasteiger partial charge in [-0.05, 0) is 42.2 Å². The third-order valence-electron chi connectivity index (χ3n) is 4.89. The Morgan fingerprint density at radius 3 is 2.67 bits per heavy atom. The van der Waals surface area contributed by atoms with E-state index in [1.165, 1.54) is 0 Å². The van der Waals surface area contributed by atoms with Gasteiger partial charge in [0, 0.05) is 17.1 Å². The van der Waals surface area contributed by atoms with Crippen LogP contribution in [0.25, 0.3) is 0 Å². The predicted octanol–water partition coefficient (Wildman–Crippen LogP) is 3.74. The summed E-state index contributed by atoms with van der Waals surface area (Å²) in [6, 6.07) is 6.14. The first kappa shape index (κ1) is 21.1. The van der Waals surface area contributed by atoms with Gasteiger partial charge in [0.05, 0.1) is 12.6 Å². The highest BCUT2D eigenvalue weighted by Gasteiger charge is 2.41. The standard InChI is InChI=1S/C20H26ClN3O3/c1-19(2)8-16(24-13-25)9-20(3,11-19)12-23-18(27)22-10-17(26)14-5-4-6-15(21)7-14/h4-7,16H,8-12H2,1-3H3,(H2,22,23,27). The van der Waals surface area contributed by atoms with E-state index in [0.29, 0.717) is 23.6 Å². The summed E-state index contributed by atoms with van der Waals surface area (Å²) < 4.78 is 0. The molecule has 7 heteroatoms. The zero-order chi connectivity index (χ0) is 20.1. The first-order valence-corrected chi connectivity index (χ1v) is 9.38. The Morgan fingerprint density at radius 2 is 2.00 bits per heavy atom. The number of amides is 2. The number of benzene rings is 1. The smallest absolute Gasteiger partial charge is 0.315 e. The van der Waals surface area contributed by atoms with Gasteiger partial charge in [0.1, 0.15) is 0 Å². The molecule has 0 radical (unpaired) electrons. The second-order valence-electron chi connectivity index (χ2n) is 8.40. The van der Waals surface area contributed by atoms with Crippen LogP contribution in [0.4, 0.5) is 4.79 Å². The van der Waals surface area contributed by atoms with Crippen LogP contribution in [0.3, 0.4) is 0 Å². The number of halogens is 1. The largest absolute Gasteiger partial charge is 0.338 e. The van der Waals surface area contributed by atoms with E-state index in [1.807, 2.05) is 0 Å². The van der Waals surface area contributed by atoms with E-state index >= 15 is 0 Å². The lowest BCUT2D eigenvalue weighted by Gasteiger charge is -2.45. The summed E-state index contributed by atoms with van der Waals surface area (Å²) >= 11 is 5.88. The van der Waals surface area contributed by atoms with Crippen molar-refractivity contribution in [3.63, 3.8) is 0 Å². The minimum atomic E-state index is -0.398. The molecular weight excluding hydrogens is 366 g/mol. The third-order valence-corrected chi connectivity index (χ3v) is 5.12. The van der Waals surface area contributed by atoms with E-state index in [1.54, 1.807) is 30.3 Å². The van der Waals surface area contributed by atoms with Crippen molar-refractivity contribution < 1.29 is 14.4 Å². The van der Waals surface area contributed by atoms with Crippen molar-refractivity contribution in [2.45, 2.75) is 46.1 Å². The van der Waals surface area contributed by atoms with E-state index in [9.17, 15) is 14.4 Å². The van der Waals surface area contributed by atoms with Crippen molar-refractivity contribution in [2.75, 3.05) is 13.1 Å². The van der Waals surface area contributed by atoms with E-state index in [0.717, 1.165) is 12.8 Å². The van der Waals surface area contributed by atoms with Crippen LogP contribution < -0.4 is 10.6 Å². The van der Waals surface area contributed by atoms with Gasteiger partial charge in [-0.25, -0.2) is 14.6 Å². The predicted molar refractivity (Wildman–Crippen MR) is 105 cm³/mol. The minimum absolute atomic E-state index is 0.0265. The molecule has 0 bridgehead atoms. The lowest BCUT2D eigenvalue weighted by Crippen LogP contribution is -2.47. The molecule has 6 nitrogen and oxygen atoms in total. The zero-order valence-electron chi connectivity index (χ0n) is 16.0. The molecule has 0 spiro atoms. The maximum atomic E-state index is 12.1. The normalized spacial score (nSPS) is 23.8. The molecule has 1 aliphatic rings. The molecule has 2 rings (SSSR count). The molecule has 2 atom stereocenters. The summed E-state index contributed by atoms with van der Waals surface area (Å²) in [6.07, 6.45) is 4.12. The highest BCUT2D eigenvalue weighted by atomic mass is 35.5. The van der Waals surface area contributed by atoms with Gasteiger partial charge < -0.3 is 10.6 Å². The summed E-state index contributed by atoms with van der Waals surface area (Å²) in [4.78, 5) is 38.8. The number of aliphatic imine (C=N–C) groups is 1. The van der Waals surface area contributed by atoms with Gasteiger partial charge >= 0.3 is 6.03 Å². The number of isocyanates is 1. The second kappa shape index (κ2) is 8.68. The van der Waals surface area contributed by atoms with Crippen LogP contribution in [0.1, 0.15) is 50.4 Å². The van der Waals surface area contributed by atoms with Crippen molar-refractivity contribution >= 4 is 29.5 Å². The van der Waals surface area contributed by atoms with Crippen molar-refractivity contribution in [1.82, 2.24) is 10.6 Å². The molecule has 146 valence electrons. The Kier molecular flexibility index (Phi) is 6.79. The van der Waals surface area contributed by atoms with Gasteiger partial charge in [-0.3, -0.25) is 4.79 Å². The van der Waals surface area contributed by atoms with Crippen LogP contribution in [0.5, 0.6) is 0 Å². The van der Waals surface area contributed by atoms with Gasteiger partial charge in [0.2, 0.25) is 6.08 Å². The van der Waals surface area contributed by atoms with Gasteiger partial charge in [-0.2, -0.15) is 0 Å². The summed E-state index contributed by atoms with van der Waals surface area (Å²) in [7, 11) is 0. The average Bonchev–Trinajstić information content (AvgIpc) is 2.56. The van der Waals surface area contributed by atoms with Crippen molar-refractivity contribution in [3.8, 4) is 0 Å². The number of nitrogens with one attached hydrogen (secondary N) is 2. The van der Waals surface area contributed by atoms with Gasteiger partial charge in [0.25, 0.3) is 0 Å². The molecule has 2 unspecified atom stereocenters. The van der Waals surface area contributed by atoms with Crippen LogP contribution in [0.15, 0.2) is 29.3 Å². The van der Waals surface area contributed by atoms with E-state index in [-0.39, 0.29) is 29.2 Å². The molecule has 0 aromatic heterocycles. The quantitative estimate of drug-likeness (QED) is 0.440. The highest BCUT2D eigenvalue weighted by molar-refractivity contribution is 6.31. The fourth-order valence-electron chi connectivity index (χ4n) is 4.16. The van der Waals surface area contributed by atoms with E-state index in [2.05, 4.69) is 36.4 Å². The molecule has 1 fully saturated rings. The van der Waals surface area contributed by atoms with Crippen LogP contribution in [-0.2, 0) is 4.79 Å². The number of hydrogen-bond acceptors (Lipinski definition) is 4. The first-order chi connectivity index (χ1) is 12.6. The number of hydrogen-bond donors (Lipinski definition) is 2. The van der Waals surface area contributed by atoms with Crippen LogP contribution >= 0.6 is 11.6 Å². The average molecular weight is 392 g/mol. The topological polar surface area (TPSA) is 87.6 Å². The van der Waals surface area contributed by atoms with Gasteiger partial charge in [0.15, 0.2) is 5.78 Å². The molecular formula is C20H26ClN3O3. The van der Waals surface area contributed by atoms with Crippen molar-refractivity contribution in [3.05, 3.63) is 34.9 Å². The molecule has 2 N–H and O–H groups in total. The molecule has 0 saturated heterocycles. The highest BCUT2D eigenvalue weighted by Crippen LogP contribution is 2.46. The molecule has 0 heterocycles. The lowest BCUT2D eigenvalue weighted by molar-refractivity contribution is 0.0849. The second-order valence-corrected chi connectivity index (χ2v) is 8.84. The molecule has 1 aromatic rings. The van der Waals surface area contributed by atoms with Crippen LogP contribution in [-0.4, -0.2) is 37.0 Å². The summed E-state index contributed by atoms with van der Waals surface area (Å²) in [5, 5.41) is 5.91. The van der Waals surface area contributed by atoms with Gasteiger partial charge in [-0.1, -0.05) is 44.5 Å². The fourth-order valence-corrected chi connectivity index (χ4v) is 4.35. The number of ketones is 1. The Balaban J connectivity index is 1.86. The lowest BCUT2D eigenvalue weighted by atomic mass is 9.63. The number of urea groups is 1. The maximum Gasteiger partial charge on any atom is 0.315 e. The number of carbonyl (C=O) groups is 2. The summed E-state index contributed by atoms with van der Waals surface area (Å²) in [6.45, 7) is 6.70. The van der Waals surface area contributed by atoms with Crippen molar-refractivity contribution in [2.24, 2.45) is 15.8 Å². The molecule has 2 amide bonds. The molecule has 27 heavy (non-hydrogen) atoms. The molecule has 1 aromatic carbocycles. The van der Waals surface area contributed by atoms with E-state index in [4.69, 9.17) is 11.6 Å². The zero-order valence-corrected chi connectivity index (χ0v) is 16.7. The van der Waals surface area contributed by atoms with Crippen molar-refractivity contribution in [1.29, 1.82) is 0 Å². The van der Waals surface area contributed by atoms with Crippen LogP contribution in [0.2, 0.25) is 5.02 Å². The summed E-state index contributed by atoms with van der Waals surface area (Å²) in [5.74, 6) is -0.210. The first-order valence-electron chi connectivity index (χ1n) is 9.00. The van der Waals surface area contributed by atoms with Crippen LogP contribution in [0, 0.1) is 10.8 Å². The number of Topliss-reactive ketones (excluding diaryl/α,β-unsaturated/α-hetero) is 1. The summed E-state index contributed by atoms with van der Waals surface area (Å²) in [5.41, 5.74) is 0.304. The molecule has 0 aliphatic heterocycles. The molecule has 1 aliphatic carbocycles. The Morgan fingerprint density at radius 1 is 1.26 bits per heavy atom. The Labute approximate surface area is 164 Å². The number of carbonyl (C=O) groups excluding carboxylic acids is 3. The maximum absolute atomic E-state index is 12.1. The minimum Gasteiger partial charge on any atom is -0.338 e. The molecule has 1 saturated carbocycles. The van der Waals surface area contributed by atoms with Gasteiger partial charge in [-0.15, -0.1) is 0 Å². The number of rotatable bonds is 6. The fraction of sp³-hybridized carbons (Fsp3) is 0.550. The van der Waals surface area contributed by atoms with E-state index < -0.39 is 6.03 Å². The monoisotopic (exact) mass is 391 g/mol. The number of nitrogens with zero attached hydrogens (tertiary/aromatic N) is 1. The Bertz CT molecular complexity index is 759. The SMILES string of the molecule is CC1(C)CC(N=C=O)CC(C)(CNC(=O)NCC(=O)c2cccc(Cl)c2)C1. The Hall–Kier alpha value is -2.17. The third kappa shape index (κ3) is 6.49.